The highest BCUT2D eigenvalue weighted by Crippen LogP contribution is 2.30. The maximum absolute atomic E-state index is 11.8. The molecule has 1 aliphatic rings. The van der Waals surface area contributed by atoms with Crippen LogP contribution in [0.3, 0.4) is 0 Å². The van der Waals surface area contributed by atoms with Crippen LogP contribution in [0.4, 0.5) is 0 Å². The number of hydrogen-bond donors (Lipinski definition) is 1. The van der Waals surface area contributed by atoms with Gasteiger partial charge in [0.05, 0.1) is 23.6 Å². The molecule has 0 radical (unpaired) electrons. The molecule has 6 heteroatoms. The van der Waals surface area contributed by atoms with E-state index in [0.717, 1.165) is 22.5 Å². The van der Waals surface area contributed by atoms with Crippen molar-refractivity contribution >= 4 is 23.2 Å². The molecule has 2 aromatic carbocycles. The van der Waals surface area contributed by atoms with Gasteiger partial charge in [-0.1, -0.05) is 48.0 Å². The zero-order valence-corrected chi connectivity index (χ0v) is 14.3. The smallest absolute Gasteiger partial charge is 0.269 e. The fraction of sp³-hybridized carbons (Fsp3) is 0.105. The molecule has 0 saturated carbocycles. The van der Waals surface area contributed by atoms with Crippen molar-refractivity contribution in [3.8, 4) is 5.69 Å². The molecule has 1 amide bonds. The van der Waals surface area contributed by atoms with Gasteiger partial charge in [-0.05, 0) is 19.1 Å². The van der Waals surface area contributed by atoms with Gasteiger partial charge in [0, 0.05) is 16.1 Å². The zero-order valence-electron chi connectivity index (χ0n) is 13.5. The van der Waals surface area contributed by atoms with Crippen molar-refractivity contribution in [2.24, 2.45) is 10.7 Å². The highest BCUT2D eigenvalue weighted by Gasteiger charge is 2.25. The van der Waals surface area contributed by atoms with Crippen LogP contribution < -0.4 is 5.73 Å². The molecule has 124 valence electrons. The van der Waals surface area contributed by atoms with Gasteiger partial charge in [0.2, 0.25) is 0 Å². The Kier molecular flexibility index (Phi) is 3.66. The van der Waals surface area contributed by atoms with E-state index >= 15 is 0 Å². The van der Waals surface area contributed by atoms with E-state index in [2.05, 4.69) is 4.98 Å². The predicted molar refractivity (Wildman–Crippen MR) is 97.6 cm³/mol. The van der Waals surface area contributed by atoms with Crippen LogP contribution in [0, 0.1) is 6.92 Å². The first-order valence-electron chi connectivity index (χ1n) is 7.85. The molecule has 0 saturated heterocycles. The highest BCUT2D eigenvalue weighted by atomic mass is 35.5. The summed E-state index contributed by atoms with van der Waals surface area (Å²) in [5.74, 6) is 0.151. The lowest BCUT2D eigenvalue weighted by atomic mass is 10.0. The average molecular weight is 351 g/mol. The first-order chi connectivity index (χ1) is 12.1. The Labute approximate surface area is 149 Å². The van der Waals surface area contributed by atoms with Gasteiger partial charge in [0.1, 0.15) is 5.82 Å². The third-order valence-electron chi connectivity index (χ3n) is 4.29. The van der Waals surface area contributed by atoms with Crippen molar-refractivity contribution in [2.75, 3.05) is 0 Å². The number of amides is 1. The number of hydrogen-bond acceptors (Lipinski definition) is 3. The van der Waals surface area contributed by atoms with Crippen molar-refractivity contribution in [1.82, 2.24) is 9.55 Å². The molecular formula is C19H15ClN4O. The number of nitrogens with zero attached hydrogens (tertiary/aromatic N) is 3. The van der Waals surface area contributed by atoms with Crippen LogP contribution in [-0.4, -0.2) is 21.2 Å². The van der Waals surface area contributed by atoms with Crippen LogP contribution in [0.1, 0.15) is 33.1 Å². The third kappa shape index (κ3) is 2.44. The molecule has 2 N–H and O–H groups in total. The van der Waals surface area contributed by atoms with Gasteiger partial charge in [-0.25, -0.2) is 4.98 Å². The minimum atomic E-state index is -0.550. The van der Waals surface area contributed by atoms with Gasteiger partial charge in [-0.15, -0.1) is 0 Å². The summed E-state index contributed by atoms with van der Waals surface area (Å²) in [4.78, 5) is 20.9. The lowest BCUT2D eigenvalue weighted by Gasteiger charge is -2.13. The molecule has 25 heavy (non-hydrogen) atoms. The Morgan fingerprint density at radius 1 is 1.12 bits per heavy atom. The second-order valence-electron chi connectivity index (χ2n) is 5.82. The molecule has 1 aliphatic heterocycles. The third-order valence-corrected chi connectivity index (χ3v) is 4.62. The largest absolute Gasteiger partial charge is 0.364 e. The van der Waals surface area contributed by atoms with Gasteiger partial charge in [0.25, 0.3) is 5.91 Å². The van der Waals surface area contributed by atoms with Crippen LogP contribution in [0.15, 0.2) is 53.5 Å². The van der Waals surface area contributed by atoms with Crippen molar-refractivity contribution in [2.45, 2.75) is 13.5 Å². The number of benzene rings is 2. The maximum atomic E-state index is 11.8. The number of halogens is 1. The summed E-state index contributed by atoms with van der Waals surface area (Å²) in [7, 11) is 0. The second kappa shape index (κ2) is 5.86. The summed E-state index contributed by atoms with van der Waals surface area (Å²) in [5.41, 5.74) is 9.95. The Hall–Kier alpha value is -2.92. The van der Waals surface area contributed by atoms with E-state index in [1.54, 1.807) is 0 Å². The fourth-order valence-electron chi connectivity index (χ4n) is 3.23. The van der Waals surface area contributed by atoms with E-state index in [0.29, 0.717) is 23.1 Å². The van der Waals surface area contributed by atoms with Gasteiger partial charge < -0.3 is 5.73 Å². The summed E-state index contributed by atoms with van der Waals surface area (Å²) < 4.78 is 1.95. The van der Waals surface area contributed by atoms with E-state index in [1.165, 1.54) is 0 Å². The molecule has 0 bridgehead atoms. The SMILES string of the molecule is Cc1nc(C(N)=O)c2n1-c1ccccc1C(c1ccccc1Cl)=NC2. The van der Waals surface area contributed by atoms with Crippen LogP contribution >= 0.6 is 11.6 Å². The number of imidazole rings is 1. The minimum Gasteiger partial charge on any atom is -0.364 e. The Bertz CT molecular complexity index is 1040. The number of rotatable bonds is 2. The van der Waals surface area contributed by atoms with E-state index in [9.17, 15) is 4.79 Å². The van der Waals surface area contributed by atoms with Gasteiger partial charge in [0.15, 0.2) is 5.69 Å². The molecule has 0 fully saturated rings. The van der Waals surface area contributed by atoms with Crippen LogP contribution in [0.2, 0.25) is 5.02 Å². The second-order valence-corrected chi connectivity index (χ2v) is 6.22. The number of carbonyl (C=O) groups is 1. The monoisotopic (exact) mass is 350 g/mol. The molecule has 5 nitrogen and oxygen atoms in total. The van der Waals surface area contributed by atoms with Crippen molar-refractivity contribution in [1.29, 1.82) is 0 Å². The number of fused-ring (bicyclic) bond motifs is 3. The van der Waals surface area contributed by atoms with E-state index in [1.807, 2.05) is 60.0 Å². The number of primary amides is 1. The molecule has 4 rings (SSSR count). The molecule has 2 heterocycles. The summed E-state index contributed by atoms with van der Waals surface area (Å²) in [6.45, 7) is 2.15. The first-order valence-corrected chi connectivity index (χ1v) is 8.23. The van der Waals surface area contributed by atoms with Crippen LogP contribution in [0.5, 0.6) is 0 Å². The topological polar surface area (TPSA) is 73.3 Å². The molecule has 0 spiro atoms. The summed E-state index contributed by atoms with van der Waals surface area (Å²) in [6.07, 6.45) is 0. The molecular weight excluding hydrogens is 336 g/mol. The number of aryl methyl sites for hydroxylation is 1. The lowest BCUT2D eigenvalue weighted by Crippen LogP contribution is -2.14. The molecule has 0 unspecified atom stereocenters. The number of aromatic nitrogens is 2. The predicted octanol–water partition coefficient (Wildman–Crippen LogP) is 3.28. The molecule has 0 atom stereocenters. The van der Waals surface area contributed by atoms with Crippen molar-refractivity contribution < 1.29 is 4.79 Å². The number of aliphatic imine (C=N–C) groups is 1. The number of para-hydroxylation sites is 1. The summed E-state index contributed by atoms with van der Waals surface area (Å²) >= 11 is 6.40. The summed E-state index contributed by atoms with van der Waals surface area (Å²) in [6, 6.07) is 15.5. The summed E-state index contributed by atoms with van der Waals surface area (Å²) in [5, 5.41) is 0.632. The maximum Gasteiger partial charge on any atom is 0.269 e. The number of carbonyl (C=O) groups excluding carboxylic acids is 1. The van der Waals surface area contributed by atoms with Crippen LogP contribution in [-0.2, 0) is 6.54 Å². The van der Waals surface area contributed by atoms with Crippen molar-refractivity contribution in [3.05, 3.63) is 81.9 Å². The molecule has 0 aliphatic carbocycles. The normalized spacial score (nSPS) is 12.8. The zero-order chi connectivity index (χ0) is 17.6. The quantitative estimate of drug-likeness (QED) is 0.770. The standard InChI is InChI=1S/C19H15ClN4O/c1-11-23-18(19(21)25)16-10-22-17(12-6-2-4-8-14(12)20)13-7-3-5-9-15(13)24(11)16/h2-9H,10H2,1H3,(H2,21,25). The van der Waals surface area contributed by atoms with Gasteiger partial charge in [-0.3, -0.25) is 14.4 Å². The Balaban J connectivity index is 2.02. The fourth-order valence-corrected chi connectivity index (χ4v) is 3.46. The van der Waals surface area contributed by atoms with E-state index in [-0.39, 0.29) is 5.69 Å². The average Bonchev–Trinajstić information content (AvgIpc) is 2.83. The van der Waals surface area contributed by atoms with E-state index < -0.39 is 5.91 Å². The molecule has 1 aromatic heterocycles. The van der Waals surface area contributed by atoms with Crippen LogP contribution in [0.25, 0.3) is 5.69 Å². The Morgan fingerprint density at radius 2 is 1.80 bits per heavy atom. The number of nitrogens with two attached hydrogens (primary N) is 1. The van der Waals surface area contributed by atoms with E-state index in [4.69, 9.17) is 22.3 Å². The lowest BCUT2D eigenvalue weighted by molar-refractivity contribution is 0.0995. The first kappa shape index (κ1) is 15.6. The van der Waals surface area contributed by atoms with Gasteiger partial charge >= 0.3 is 0 Å². The molecule has 3 aromatic rings. The highest BCUT2D eigenvalue weighted by molar-refractivity contribution is 6.35. The Morgan fingerprint density at radius 3 is 2.52 bits per heavy atom. The van der Waals surface area contributed by atoms with Crippen molar-refractivity contribution in [3.63, 3.8) is 0 Å². The minimum absolute atomic E-state index is 0.261. The van der Waals surface area contributed by atoms with Gasteiger partial charge in [-0.2, -0.15) is 0 Å².